The molecule has 1 aromatic carbocycles. The van der Waals surface area contributed by atoms with Gasteiger partial charge in [-0.2, -0.15) is 0 Å². The van der Waals surface area contributed by atoms with Crippen molar-refractivity contribution >= 4 is 5.91 Å². The summed E-state index contributed by atoms with van der Waals surface area (Å²) in [6, 6.07) is 11.1. The number of aliphatic hydroxyl groups is 1. The molecule has 142 valence electrons. The second-order valence-electron chi connectivity index (χ2n) is 7.04. The zero-order valence-corrected chi connectivity index (χ0v) is 15.4. The summed E-state index contributed by atoms with van der Waals surface area (Å²) in [6.07, 6.45) is 4.92. The van der Waals surface area contributed by atoms with E-state index in [0.717, 1.165) is 11.1 Å². The molecule has 1 amide bonds. The number of likely N-dealkylation sites (tertiary alicyclic amines) is 1. The van der Waals surface area contributed by atoms with Crippen molar-refractivity contribution in [2.24, 2.45) is 0 Å². The van der Waals surface area contributed by atoms with E-state index in [2.05, 4.69) is 15.0 Å². The molecule has 1 fully saturated rings. The number of hydrogen-bond acceptors (Lipinski definition) is 5. The fourth-order valence-corrected chi connectivity index (χ4v) is 3.65. The predicted octanol–water partition coefficient (Wildman–Crippen LogP) is 1.87. The van der Waals surface area contributed by atoms with Gasteiger partial charge in [-0.15, -0.1) is 0 Å². The number of β-amino-alcohol motifs (C(OH)–C–C–N with tert-alkyl or cyclic N) is 1. The summed E-state index contributed by atoms with van der Waals surface area (Å²) in [5.74, 6) is -0.0801. The topological polar surface area (TPSA) is 99.2 Å². The van der Waals surface area contributed by atoms with Crippen LogP contribution in [0.5, 0.6) is 0 Å². The van der Waals surface area contributed by atoms with Crippen LogP contribution in [0.15, 0.2) is 59.8 Å². The third-order valence-corrected chi connectivity index (χ3v) is 5.15. The van der Waals surface area contributed by atoms with Crippen LogP contribution in [0.3, 0.4) is 0 Å². The Hall–Kier alpha value is -3.32. The van der Waals surface area contributed by atoms with Crippen LogP contribution in [-0.4, -0.2) is 44.0 Å². The van der Waals surface area contributed by atoms with Crippen molar-refractivity contribution in [1.29, 1.82) is 0 Å². The molecular formula is C21H20N4O3. The van der Waals surface area contributed by atoms with Gasteiger partial charge >= 0.3 is 0 Å². The Kier molecular flexibility index (Phi) is 4.52. The number of hydrogen-bond donors (Lipinski definition) is 2. The lowest BCUT2D eigenvalue weighted by Crippen LogP contribution is -2.37. The lowest BCUT2D eigenvalue weighted by Gasteiger charge is -2.25. The second kappa shape index (κ2) is 7.01. The van der Waals surface area contributed by atoms with Crippen LogP contribution in [0.4, 0.5) is 0 Å². The van der Waals surface area contributed by atoms with Crippen LogP contribution in [0.1, 0.15) is 27.9 Å². The Morgan fingerprint density at radius 2 is 2.04 bits per heavy atom. The van der Waals surface area contributed by atoms with E-state index in [1.165, 1.54) is 11.1 Å². The summed E-state index contributed by atoms with van der Waals surface area (Å²) in [7, 11) is 0. The first-order chi connectivity index (χ1) is 13.5. The SMILES string of the molecule is Cc1ccccc1[C@@]1(O)CCN(C(=O)c2cnc(-c3cccnc3)[nH]c2=O)C1. The molecule has 3 heterocycles. The maximum Gasteiger partial charge on any atom is 0.264 e. The number of carbonyl (C=O) groups excluding carboxylic acids is 1. The summed E-state index contributed by atoms with van der Waals surface area (Å²) in [5.41, 5.74) is 0.779. The van der Waals surface area contributed by atoms with E-state index in [1.807, 2.05) is 31.2 Å². The molecule has 1 saturated heterocycles. The zero-order chi connectivity index (χ0) is 19.7. The van der Waals surface area contributed by atoms with Crippen LogP contribution < -0.4 is 5.56 Å². The quantitative estimate of drug-likeness (QED) is 0.727. The third kappa shape index (κ3) is 3.20. The molecule has 0 saturated carbocycles. The monoisotopic (exact) mass is 376 g/mol. The Balaban J connectivity index is 1.57. The molecule has 1 aliphatic heterocycles. The molecule has 1 atom stereocenters. The van der Waals surface area contributed by atoms with E-state index in [-0.39, 0.29) is 12.1 Å². The number of pyridine rings is 1. The molecule has 0 spiro atoms. The standard InChI is InChI=1S/C21H20N4O3/c1-14-5-2-3-7-17(14)21(28)8-10-25(13-21)20(27)16-12-23-18(24-19(16)26)15-6-4-9-22-11-15/h2-7,9,11-12,28H,8,10,13H2,1H3,(H,23,24,26)/t21-/m1/s1. The van der Waals surface area contributed by atoms with E-state index in [9.17, 15) is 14.7 Å². The summed E-state index contributed by atoms with van der Waals surface area (Å²) >= 11 is 0. The van der Waals surface area contributed by atoms with Crippen LogP contribution in [-0.2, 0) is 5.60 Å². The van der Waals surface area contributed by atoms with E-state index in [0.29, 0.717) is 24.4 Å². The van der Waals surface area contributed by atoms with Gasteiger partial charge < -0.3 is 15.0 Å². The first-order valence-electron chi connectivity index (χ1n) is 9.05. The second-order valence-corrected chi connectivity index (χ2v) is 7.04. The fraction of sp³-hybridized carbons (Fsp3) is 0.238. The van der Waals surface area contributed by atoms with Crippen molar-refractivity contribution in [3.05, 3.63) is 82.0 Å². The lowest BCUT2D eigenvalue weighted by atomic mass is 9.89. The number of H-pyrrole nitrogens is 1. The van der Waals surface area contributed by atoms with Crippen molar-refractivity contribution in [2.75, 3.05) is 13.1 Å². The van der Waals surface area contributed by atoms with Crippen molar-refractivity contribution in [3.63, 3.8) is 0 Å². The first kappa shape index (κ1) is 18.1. The van der Waals surface area contributed by atoms with Gasteiger partial charge in [0.2, 0.25) is 0 Å². The van der Waals surface area contributed by atoms with Gasteiger partial charge in [0.05, 0.1) is 6.54 Å². The molecule has 4 rings (SSSR count). The van der Waals surface area contributed by atoms with Crippen molar-refractivity contribution < 1.29 is 9.90 Å². The molecule has 0 unspecified atom stereocenters. The van der Waals surface area contributed by atoms with Crippen LogP contribution in [0, 0.1) is 6.92 Å². The summed E-state index contributed by atoms with van der Waals surface area (Å²) in [4.78, 5) is 37.7. The number of aromatic amines is 1. The highest BCUT2D eigenvalue weighted by Gasteiger charge is 2.41. The third-order valence-electron chi connectivity index (χ3n) is 5.15. The Bertz CT molecular complexity index is 1080. The number of benzene rings is 1. The summed E-state index contributed by atoms with van der Waals surface area (Å²) in [6.45, 7) is 2.44. The number of nitrogens with one attached hydrogen (secondary N) is 1. The Morgan fingerprint density at radius 1 is 1.21 bits per heavy atom. The Labute approximate surface area is 161 Å². The maximum absolute atomic E-state index is 12.9. The molecule has 7 heteroatoms. The summed E-state index contributed by atoms with van der Waals surface area (Å²) in [5, 5.41) is 11.1. The highest BCUT2D eigenvalue weighted by molar-refractivity contribution is 5.94. The van der Waals surface area contributed by atoms with Gasteiger partial charge in [0.1, 0.15) is 17.0 Å². The smallest absolute Gasteiger partial charge is 0.264 e. The first-order valence-corrected chi connectivity index (χ1v) is 9.05. The molecule has 3 aromatic rings. The van der Waals surface area contributed by atoms with E-state index in [4.69, 9.17) is 0 Å². The maximum atomic E-state index is 12.9. The van der Waals surface area contributed by atoms with Gasteiger partial charge in [0.15, 0.2) is 0 Å². The van der Waals surface area contributed by atoms with Gasteiger partial charge in [0, 0.05) is 30.7 Å². The number of rotatable bonds is 3. The number of aromatic nitrogens is 3. The van der Waals surface area contributed by atoms with E-state index in [1.54, 1.807) is 24.5 Å². The number of amides is 1. The number of nitrogens with zero attached hydrogens (tertiary/aromatic N) is 3. The molecule has 7 nitrogen and oxygen atoms in total. The average molecular weight is 376 g/mol. The normalized spacial score (nSPS) is 19.0. The molecule has 2 aromatic heterocycles. The minimum Gasteiger partial charge on any atom is -0.383 e. The minimum atomic E-state index is -1.11. The molecule has 28 heavy (non-hydrogen) atoms. The molecule has 0 radical (unpaired) electrons. The van der Waals surface area contributed by atoms with Gasteiger partial charge in [-0.1, -0.05) is 24.3 Å². The fourth-order valence-electron chi connectivity index (χ4n) is 3.65. The van der Waals surface area contributed by atoms with Gasteiger partial charge in [-0.3, -0.25) is 14.6 Å². The van der Waals surface area contributed by atoms with E-state index < -0.39 is 17.1 Å². The molecule has 0 bridgehead atoms. The summed E-state index contributed by atoms with van der Waals surface area (Å²) < 4.78 is 0. The minimum absolute atomic E-state index is 0.0401. The Morgan fingerprint density at radius 3 is 2.75 bits per heavy atom. The van der Waals surface area contributed by atoms with Crippen molar-refractivity contribution in [1.82, 2.24) is 19.9 Å². The highest BCUT2D eigenvalue weighted by Crippen LogP contribution is 2.34. The highest BCUT2D eigenvalue weighted by atomic mass is 16.3. The van der Waals surface area contributed by atoms with Gasteiger partial charge in [0.25, 0.3) is 11.5 Å². The average Bonchev–Trinajstić information content (AvgIpc) is 3.11. The van der Waals surface area contributed by atoms with Crippen LogP contribution >= 0.6 is 0 Å². The van der Waals surface area contributed by atoms with Gasteiger partial charge in [-0.05, 0) is 36.6 Å². The molecular weight excluding hydrogens is 356 g/mol. The van der Waals surface area contributed by atoms with Gasteiger partial charge in [-0.25, -0.2) is 4.98 Å². The van der Waals surface area contributed by atoms with Crippen LogP contribution in [0.25, 0.3) is 11.4 Å². The molecule has 2 N–H and O–H groups in total. The lowest BCUT2D eigenvalue weighted by molar-refractivity contribution is 0.0412. The predicted molar refractivity (Wildman–Crippen MR) is 104 cm³/mol. The molecule has 1 aliphatic rings. The molecule has 0 aliphatic carbocycles. The number of carbonyl (C=O) groups is 1. The number of aryl methyl sites for hydroxylation is 1. The zero-order valence-electron chi connectivity index (χ0n) is 15.4. The van der Waals surface area contributed by atoms with E-state index >= 15 is 0 Å². The largest absolute Gasteiger partial charge is 0.383 e. The van der Waals surface area contributed by atoms with Crippen molar-refractivity contribution in [3.8, 4) is 11.4 Å². The van der Waals surface area contributed by atoms with Crippen LogP contribution in [0.2, 0.25) is 0 Å². The van der Waals surface area contributed by atoms with Crippen molar-refractivity contribution in [2.45, 2.75) is 18.9 Å².